The molecule has 2 aromatic rings. The van der Waals surface area contributed by atoms with Gasteiger partial charge in [0.15, 0.2) is 0 Å². The van der Waals surface area contributed by atoms with Gasteiger partial charge in [-0.3, -0.25) is 9.59 Å². The normalized spacial score (nSPS) is 19.1. The lowest BCUT2D eigenvalue weighted by Gasteiger charge is -2.28. The van der Waals surface area contributed by atoms with Crippen molar-refractivity contribution in [2.75, 3.05) is 55.1 Å². The molecule has 9 heteroatoms. The first kappa shape index (κ1) is 20.4. The van der Waals surface area contributed by atoms with E-state index in [0.717, 1.165) is 18.8 Å². The molecule has 1 aromatic carbocycles. The lowest BCUT2D eigenvalue weighted by Crippen LogP contribution is -2.36. The van der Waals surface area contributed by atoms with Crippen molar-refractivity contribution in [3.8, 4) is 5.75 Å². The number of hydrogen-bond acceptors (Lipinski definition) is 6. The van der Waals surface area contributed by atoms with E-state index >= 15 is 0 Å². The van der Waals surface area contributed by atoms with Gasteiger partial charge in [-0.2, -0.15) is 0 Å². The van der Waals surface area contributed by atoms with Crippen LogP contribution in [0.2, 0.25) is 5.02 Å². The molecule has 2 fully saturated rings. The second-order valence-electron chi connectivity index (χ2n) is 7.21. The number of nitrogens with one attached hydrogen (secondary N) is 1. The Morgan fingerprint density at radius 2 is 2.07 bits per heavy atom. The Kier molecular flexibility index (Phi) is 6.06. The molecule has 0 radical (unpaired) electrons. The maximum absolute atomic E-state index is 12.7. The maximum Gasteiger partial charge on any atom is 0.230 e. The van der Waals surface area contributed by atoms with Gasteiger partial charge in [-0.1, -0.05) is 11.6 Å². The average Bonchev–Trinajstić information content (AvgIpc) is 3.16. The van der Waals surface area contributed by atoms with Crippen LogP contribution in [0.4, 0.5) is 17.2 Å². The lowest BCUT2D eigenvalue weighted by molar-refractivity contribution is -0.122. The third-order valence-corrected chi connectivity index (χ3v) is 5.54. The van der Waals surface area contributed by atoms with Crippen molar-refractivity contribution in [1.82, 2.24) is 4.98 Å². The highest BCUT2D eigenvalue weighted by molar-refractivity contribution is 6.31. The van der Waals surface area contributed by atoms with Crippen molar-refractivity contribution in [2.45, 2.75) is 6.42 Å². The zero-order valence-corrected chi connectivity index (χ0v) is 17.4. The van der Waals surface area contributed by atoms with E-state index in [9.17, 15) is 9.59 Å². The fourth-order valence-electron chi connectivity index (χ4n) is 3.69. The Morgan fingerprint density at radius 1 is 1.27 bits per heavy atom. The first-order valence-corrected chi connectivity index (χ1v) is 10.2. The molecule has 30 heavy (non-hydrogen) atoms. The van der Waals surface area contributed by atoms with Crippen LogP contribution in [0.3, 0.4) is 0 Å². The largest absolute Gasteiger partial charge is 0.495 e. The molecule has 2 aliphatic heterocycles. The van der Waals surface area contributed by atoms with Crippen LogP contribution in [0, 0.1) is 5.92 Å². The van der Waals surface area contributed by atoms with Gasteiger partial charge in [0.05, 0.1) is 43.8 Å². The number of carbonyl (C=O) groups is 2. The summed E-state index contributed by atoms with van der Waals surface area (Å²) in [7, 11) is 1.53. The summed E-state index contributed by atoms with van der Waals surface area (Å²) in [4.78, 5) is 33.4. The molecule has 2 amide bonds. The second kappa shape index (κ2) is 8.89. The minimum absolute atomic E-state index is 0.118. The first-order chi connectivity index (χ1) is 14.5. The number of pyridine rings is 1. The summed E-state index contributed by atoms with van der Waals surface area (Å²) in [6, 6.07) is 8.78. The molecule has 0 bridgehead atoms. The van der Waals surface area contributed by atoms with E-state index < -0.39 is 5.92 Å². The molecule has 0 spiro atoms. The number of benzene rings is 1. The maximum atomic E-state index is 12.7. The van der Waals surface area contributed by atoms with Crippen LogP contribution in [0.15, 0.2) is 36.5 Å². The molecular formula is C21H23ClN4O4. The van der Waals surface area contributed by atoms with Gasteiger partial charge in [0.25, 0.3) is 0 Å². The van der Waals surface area contributed by atoms with Crippen LogP contribution >= 0.6 is 11.6 Å². The van der Waals surface area contributed by atoms with E-state index in [1.54, 1.807) is 35.4 Å². The Hall–Kier alpha value is -2.84. The molecule has 2 saturated heterocycles. The number of halogens is 1. The number of nitrogens with zero attached hydrogens (tertiary/aromatic N) is 3. The molecule has 1 N–H and O–H groups in total. The molecule has 158 valence electrons. The number of hydrogen-bond donors (Lipinski definition) is 1. The number of aromatic nitrogens is 1. The standard InChI is InChI=1S/C21H23ClN4O4/c1-29-18-4-2-15(22)11-17(18)26-13-14(10-20(26)27)21(28)24-19-5-3-16(12-23-19)25-6-8-30-9-7-25/h2-5,11-12,14H,6-10,13H2,1H3,(H,23,24,28). The van der Waals surface area contributed by atoms with Crippen LogP contribution < -0.4 is 19.9 Å². The van der Waals surface area contributed by atoms with Crippen LogP contribution in [0.25, 0.3) is 0 Å². The molecule has 1 atom stereocenters. The van der Waals surface area contributed by atoms with Gasteiger partial charge in [0.1, 0.15) is 11.6 Å². The first-order valence-electron chi connectivity index (χ1n) is 9.78. The minimum Gasteiger partial charge on any atom is -0.495 e. The molecule has 1 unspecified atom stereocenters. The van der Waals surface area contributed by atoms with E-state index in [1.165, 1.54) is 7.11 Å². The Labute approximate surface area is 179 Å². The number of amides is 2. The van der Waals surface area contributed by atoms with Crippen LogP contribution in [-0.4, -0.2) is 56.8 Å². The van der Waals surface area contributed by atoms with Crippen molar-refractivity contribution in [1.29, 1.82) is 0 Å². The molecule has 0 aliphatic carbocycles. The average molecular weight is 431 g/mol. The number of methoxy groups -OCH3 is 1. The van der Waals surface area contributed by atoms with E-state index in [2.05, 4.69) is 15.2 Å². The molecular weight excluding hydrogens is 408 g/mol. The molecule has 2 aliphatic rings. The smallest absolute Gasteiger partial charge is 0.230 e. The van der Waals surface area contributed by atoms with Crippen LogP contribution in [0.1, 0.15) is 6.42 Å². The van der Waals surface area contributed by atoms with Gasteiger partial charge < -0.3 is 24.6 Å². The summed E-state index contributed by atoms with van der Waals surface area (Å²) in [6.07, 6.45) is 1.86. The van der Waals surface area contributed by atoms with Crippen LogP contribution in [0.5, 0.6) is 5.75 Å². The van der Waals surface area contributed by atoms with Gasteiger partial charge in [-0.15, -0.1) is 0 Å². The van der Waals surface area contributed by atoms with E-state index in [-0.39, 0.29) is 24.8 Å². The highest BCUT2D eigenvalue weighted by Crippen LogP contribution is 2.35. The van der Waals surface area contributed by atoms with Gasteiger partial charge >= 0.3 is 0 Å². The Bertz CT molecular complexity index is 931. The van der Waals surface area contributed by atoms with Gasteiger partial charge in [-0.05, 0) is 30.3 Å². The second-order valence-corrected chi connectivity index (χ2v) is 7.65. The molecule has 4 rings (SSSR count). The fraction of sp³-hybridized carbons (Fsp3) is 0.381. The van der Waals surface area contributed by atoms with Crippen LogP contribution in [-0.2, 0) is 14.3 Å². The quantitative estimate of drug-likeness (QED) is 0.784. The SMILES string of the molecule is COc1ccc(Cl)cc1N1CC(C(=O)Nc2ccc(N3CCOCC3)cn2)CC1=O. The molecule has 3 heterocycles. The summed E-state index contributed by atoms with van der Waals surface area (Å²) in [5, 5.41) is 3.31. The summed E-state index contributed by atoms with van der Waals surface area (Å²) in [6.45, 7) is 3.29. The zero-order valence-electron chi connectivity index (χ0n) is 16.6. The zero-order chi connectivity index (χ0) is 21.1. The Morgan fingerprint density at radius 3 is 2.77 bits per heavy atom. The van der Waals surface area contributed by atoms with Gasteiger partial charge in [0, 0.05) is 31.1 Å². The third kappa shape index (κ3) is 4.34. The van der Waals surface area contributed by atoms with E-state index in [4.69, 9.17) is 21.1 Å². The summed E-state index contributed by atoms with van der Waals surface area (Å²) in [5.74, 6) is 0.129. The monoisotopic (exact) mass is 430 g/mol. The molecule has 0 saturated carbocycles. The van der Waals surface area contributed by atoms with Crippen molar-refractivity contribution < 1.29 is 19.1 Å². The number of ether oxygens (including phenoxy) is 2. The van der Waals surface area contributed by atoms with Gasteiger partial charge in [0.2, 0.25) is 11.8 Å². The number of morpholine rings is 1. The van der Waals surface area contributed by atoms with Crippen molar-refractivity contribution in [3.05, 3.63) is 41.6 Å². The summed E-state index contributed by atoms with van der Waals surface area (Å²) >= 11 is 6.08. The Balaban J connectivity index is 1.41. The fourth-order valence-corrected chi connectivity index (χ4v) is 3.85. The summed E-state index contributed by atoms with van der Waals surface area (Å²) in [5.41, 5.74) is 1.56. The molecule has 1 aromatic heterocycles. The highest BCUT2D eigenvalue weighted by Gasteiger charge is 2.36. The topological polar surface area (TPSA) is 84.0 Å². The molecule has 8 nitrogen and oxygen atoms in total. The van der Waals surface area contributed by atoms with Crippen molar-refractivity contribution >= 4 is 40.6 Å². The highest BCUT2D eigenvalue weighted by atomic mass is 35.5. The van der Waals surface area contributed by atoms with E-state index in [0.29, 0.717) is 35.5 Å². The van der Waals surface area contributed by atoms with Crippen molar-refractivity contribution in [2.24, 2.45) is 5.92 Å². The summed E-state index contributed by atoms with van der Waals surface area (Å²) < 4.78 is 10.7. The predicted octanol–water partition coefficient (Wildman–Crippen LogP) is 2.57. The van der Waals surface area contributed by atoms with Crippen molar-refractivity contribution in [3.63, 3.8) is 0 Å². The van der Waals surface area contributed by atoms with Gasteiger partial charge in [-0.25, -0.2) is 4.98 Å². The lowest BCUT2D eigenvalue weighted by atomic mass is 10.1. The predicted molar refractivity (Wildman–Crippen MR) is 114 cm³/mol. The van der Waals surface area contributed by atoms with E-state index in [1.807, 2.05) is 6.07 Å². The number of carbonyl (C=O) groups excluding carboxylic acids is 2. The number of anilines is 3. The third-order valence-electron chi connectivity index (χ3n) is 5.30. The minimum atomic E-state index is -0.484. The number of rotatable bonds is 5.